The maximum atomic E-state index is 11.8. The molecule has 2 rings (SSSR count). The van der Waals surface area contributed by atoms with Crippen molar-refractivity contribution < 1.29 is 9.90 Å². The average Bonchev–Trinajstić information content (AvgIpc) is 2.87. The third kappa shape index (κ3) is 4.81. The highest BCUT2D eigenvalue weighted by molar-refractivity contribution is 7.99. The van der Waals surface area contributed by atoms with Crippen molar-refractivity contribution in [2.75, 3.05) is 18.1 Å². The Morgan fingerprint density at radius 2 is 2.40 bits per heavy atom. The standard InChI is InChI=1S/C13H19N3O2S2/c1-13(2,18)9-19-5-3-14-11(17)7-10-8-16-4-6-20-12(16)15-10/h4,6,8,18H,3,5,7,9H2,1-2H3,(H,14,17). The maximum absolute atomic E-state index is 11.8. The zero-order valence-electron chi connectivity index (χ0n) is 11.6. The van der Waals surface area contributed by atoms with Gasteiger partial charge in [0.15, 0.2) is 4.96 Å². The number of fused-ring (bicyclic) bond motifs is 1. The first-order valence-corrected chi connectivity index (χ1v) is 8.45. The molecule has 0 saturated heterocycles. The highest BCUT2D eigenvalue weighted by Crippen LogP contribution is 2.12. The number of imidazole rings is 1. The quantitative estimate of drug-likeness (QED) is 0.761. The van der Waals surface area contributed by atoms with Crippen molar-refractivity contribution in [1.29, 1.82) is 0 Å². The van der Waals surface area contributed by atoms with E-state index in [1.807, 2.05) is 22.2 Å². The van der Waals surface area contributed by atoms with Gasteiger partial charge in [-0.3, -0.25) is 9.20 Å². The van der Waals surface area contributed by atoms with Crippen LogP contribution in [0.3, 0.4) is 0 Å². The molecule has 0 aromatic carbocycles. The van der Waals surface area contributed by atoms with Crippen molar-refractivity contribution in [3.8, 4) is 0 Å². The van der Waals surface area contributed by atoms with Crippen LogP contribution in [-0.4, -0.2) is 44.0 Å². The summed E-state index contributed by atoms with van der Waals surface area (Å²) < 4.78 is 1.92. The number of amides is 1. The van der Waals surface area contributed by atoms with Crippen LogP contribution in [-0.2, 0) is 11.2 Å². The lowest BCUT2D eigenvalue weighted by Gasteiger charge is -2.15. The maximum Gasteiger partial charge on any atom is 0.226 e. The first-order valence-electron chi connectivity index (χ1n) is 6.42. The van der Waals surface area contributed by atoms with E-state index in [0.29, 0.717) is 18.7 Å². The molecular formula is C13H19N3O2S2. The summed E-state index contributed by atoms with van der Waals surface area (Å²) in [6.07, 6.45) is 4.13. The van der Waals surface area contributed by atoms with E-state index in [9.17, 15) is 9.90 Å². The number of rotatable bonds is 7. The number of carbonyl (C=O) groups is 1. The monoisotopic (exact) mass is 313 g/mol. The average molecular weight is 313 g/mol. The number of hydrogen-bond donors (Lipinski definition) is 2. The molecule has 7 heteroatoms. The summed E-state index contributed by atoms with van der Waals surface area (Å²) in [5.41, 5.74) is 0.134. The van der Waals surface area contributed by atoms with Crippen molar-refractivity contribution in [1.82, 2.24) is 14.7 Å². The van der Waals surface area contributed by atoms with Crippen molar-refractivity contribution in [2.24, 2.45) is 0 Å². The van der Waals surface area contributed by atoms with Crippen LogP contribution in [0.4, 0.5) is 0 Å². The molecule has 2 aromatic heterocycles. The van der Waals surface area contributed by atoms with Crippen LogP contribution >= 0.6 is 23.1 Å². The van der Waals surface area contributed by atoms with Gasteiger partial charge in [-0.1, -0.05) is 0 Å². The summed E-state index contributed by atoms with van der Waals surface area (Å²) in [4.78, 5) is 17.0. The number of hydrogen-bond acceptors (Lipinski definition) is 5. The van der Waals surface area contributed by atoms with Gasteiger partial charge < -0.3 is 10.4 Å². The van der Waals surface area contributed by atoms with Crippen LogP contribution in [0.1, 0.15) is 19.5 Å². The Hall–Kier alpha value is -1.05. The zero-order valence-corrected chi connectivity index (χ0v) is 13.3. The molecule has 0 aliphatic carbocycles. The number of thioether (sulfide) groups is 1. The highest BCUT2D eigenvalue weighted by Gasteiger charge is 2.12. The summed E-state index contributed by atoms with van der Waals surface area (Å²) in [7, 11) is 0. The van der Waals surface area contributed by atoms with Crippen LogP contribution in [0.25, 0.3) is 4.96 Å². The normalized spacial score (nSPS) is 11.9. The predicted molar refractivity (Wildman–Crippen MR) is 83.4 cm³/mol. The van der Waals surface area contributed by atoms with Gasteiger partial charge in [-0.2, -0.15) is 11.8 Å². The van der Waals surface area contributed by atoms with E-state index in [4.69, 9.17) is 0 Å². The molecule has 0 radical (unpaired) electrons. The molecule has 0 spiro atoms. The Morgan fingerprint density at radius 3 is 3.10 bits per heavy atom. The molecule has 20 heavy (non-hydrogen) atoms. The van der Waals surface area contributed by atoms with Gasteiger partial charge >= 0.3 is 0 Å². The Morgan fingerprint density at radius 1 is 1.60 bits per heavy atom. The molecule has 2 aromatic rings. The molecule has 0 atom stereocenters. The van der Waals surface area contributed by atoms with Crippen molar-refractivity contribution >= 4 is 34.0 Å². The summed E-state index contributed by atoms with van der Waals surface area (Å²) in [5.74, 6) is 1.45. The topological polar surface area (TPSA) is 66.6 Å². The number of aromatic nitrogens is 2. The number of carbonyl (C=O) groups excluding carboxylic acids is 1. The lowest BCUT2D eigenvalue weighted by molar-refractivity contribution is -0.120. The second-order valence-corrected chi connectivity index (χ2v) is 7.20. The van der Waals surface area contributed by atoms with Gasteiger partial charge in [0.25, 0.3) is 0 Å². The lowest BCUT2D eigenvalue weighted by atomic mass is 10.2. The van der Waals surface area contributed by atoms with E-state index < -0.39 is 5.60 Å². The molecule has 0 aliphatic heterocycles. The molecule has 2 heterocycles. The van der Waals surface area contributed by atoms with E-state index in [2.05, 4.69) is 10.3 Å². The highest BCUT2D eigenvalue weighted by atomic mass is 32.2. The SMILES string of the molecule is CC(C)(O)CSCCNC(=O)Cc1cn2ccsc2n1. The summed E-state index contributed by atoms with van der Waals surface area (Å²) in [6.45, 7) is 4.17. The zero-order chi connectivity index (χ0) is 14.6. The van der Waals surface area contributed by atoms with Gasteiger partial charge in [0.1, 0.15) is 0 Å². The van der Waals surface area contributed by atoms with Gasteiger partial charge in [-0.25, -0.2) is 4.98 Å². The number of aliphatic hydroxyl groups is 1. The Labute approximate surface area is 126 Å². The largest absolute Gasteiger partial charge is 0.390 e. The van der Waals surface area contributed by atoms with Gasteiger partial charge in [-0.05, 0) is 13.8 Å². The van der Waals surface area contributed by atoms with E-state index >= 15 is 0 Å². The summed E-state index contributed by atoms with van der Waals surface area (Å²) >= 11 is 3.19. The molecule has 0 bridgehead atoms. The third-order valence-electron chi connectivity index (χ3n) is 2.51. The first-order chi connectivity index (χ1) is 9.44. The van der Waals surface area contributed by atoms with Crippen LogP contribution in [0.2, 0.25) is 0 Å². The summed E-state index contributed by atoms with van der Waals surface area (Å²) in [5, 5.41) is 14.4. The lowest BCUT2D eigenvalue weighted by Crippen LogP contribution is -2.28. The van der Waals surface area contributed by atoms with Gasteiger partial charge in [0.05, 0.1) is 17.7 Å². The molecule has 1 amide bonds. The van der Waals surface area contributed by atoms with Crippen molar-refractivity contribution in [3.63, 3.8) is 0 Å². The van der Waals surface area contributed by atoms with E-state index in [0.717, 1.165) is 16.4 Å². The first kappa shape index (κ1) is 15.3. The molecule has 0 aliphatic rings. The fourth-order valence-electron chi connectivity index (χ4n) is 1.67. The second-order valence-electron chi connectivity index (χ2n) is 5.22. The van der Waals surface area contributed by atoms with Crippen LogP contribution in [0.5, 0.6) is 0 Å². The third-order valence-corrected chi connectivity index (χ3v) is 4.68. The smallest absolute Gasteiger partial charge is 0.226 e. The minimum atomic E-state index is -0.656. The molecule has 5 nitrogen and oxygen atoms in total. The Kier molecular flexibility index (Phi) is 5.06. The van der Waals surface area contributed by atoms with Gasteiger partial charge in [0.2, 0.25) is 5.91 Å². The fourth-order valence-corrected chi connectivity index (χ4v) is 3.28. The van der Waals surface area contributed by atoms with E-state index in [1.165, 1.54) is 0 Å². The molecule has 0 unspecified atom stereocenters. The van der Waals surface area contributed by atoms with Gasteiger partial charge in [-0.15, -0.1) is 11.3 Å². The molecule has 0 fully saturated rings. The fraction of sp³-hybridized carbons (Fsp3) is 0.538. The van der Waals surface area contributed by atoms with Crippen LogP contribution < -0.4 is 5.32 Å². The molecular weight excluding hydrogens is 294 g/mol. The van der Waals surface area contributed by atoms with Crippen LogP contribution in [0.15, 0.2) is 17.8 Å². The minimum absolute atomic E-state index is 0.0142. The van der Waals surface area contributed by atoms with Gasteiger partial charge in [0, 0.05) is 35.8 Å². The summed E-state index contributed by atoms with van der Waals surface area (Å²) in [6, 6.07) is 0. The Bertz CT molecular complexity index is 543. The number of nitrogens with zero attached hydrogens (tertiary/aromatic N) is 2. The number of nitrogens with one attached hydrogen (secondary N) is 1. The van der Waals surface area contributed by atoms with E-state index in [-0.39, 0.29) is 5.91 Å². The number of thiazole rings is 1. The molecule has 2 N–H and O–H groups in total. The van der Waals surface area contributed by atoms with Crippen molar-refractivity contribution in [2.45, 2.75) is 25.9 Å². The molecule has 0 saturated carbocycles. The van der Waals surface area contributed by atoms with Crippen LogP contribution in [0, 0.1) is 0 Å². The molecule has 110 valence electrons. The predicted octanol–water partition coefficient (Wildman–Crippen LogP) is 1.56. The van der Waals surface area contributed by atoms with Crippen molar-refractivity contribution in [3.05, 3.63) is 23.5 Å². The Balaban J connectivity index is 1.67. The second kappa shape index (κ2) is 6.60. The van der Waals surface area contributed by atoms with E-state index in [1.54, 1.807) is 36.9 Å². The minimum Gasteiger partial charge on any atom is -0.390 e.